The molecule has 0 aliphatic rings. The zero-order valence-electron chi connectivity index (χ0n) is 9.58. The number of aromatic nitrogens is 2. The van der Waals surface area contributed by atoms with E-state index in [1.54, 1.807) is 13.0 Å². The Morgan fingerprint density at radius 3 is 2.78 bits per heavy atom. The Bertz CT molecular complexity index is 705. The Morgan fingerprint density at radius 1 is 1.44 bits per heavy atom. The fraction of sp³-hybridized carbons (Fsp3) is 0.300. The third-order valence-electron chi connectivity index (χ3n) is 2.43. The standard InChI is InChI=1S/C10H11N3O4S/c1-2-6-18(16,17)10-11-7-4-3-5-8(13(14)15)9(7)12-10/h3-5H,2,6H2,1H3,(H,11,12). The van der Waals surface area contributed by atoms with Crippen LogP contribution >= 0.6 is 0 Å². The summed E-state index contributed by atoms with van der Waals surface area (Å²) in [6.45, 7) is 1.74. The predicted molar refractivity (Wildman–Crippen MR) is 65.1 cm³/mol. The van der Waals surface area contributed by atoms with Crippen LogP contribution in [0.4, 0.5) is 5.69 Å². The molecule has 1 heterocycles. The van der Waals surface area contributed by atoms with E-state index in [2.05, 4.69) is 9.97 Å². The van der Waals surface area contributed by atoms with Crippen molar-refractivity contribution >= 4 is 26.6 Å². The van der Waals surface area contributed by atoms with Crippen molar-refractivity contribution in [1.29, 1.82) is 0 Å². The summed E-state index contributed by atoms with van der Waals surface area (Å²) < 4.78 is 23.6. The highest BCUT2D eigenvalue weighted by Gasteiger charge is 2.22. The van der Waals surface area contributed by atoms with Crippen molar-refractivity contribution in [2.75, 3.05) is 5.75 Å². The molecule has 0 aliphatic heterocycles. The van der Waals surface area contributed by atoms with Gasteiger partial charge in [0, 0.05) is 6.07 Å². The molecule has 0 amide bonds. The molecule has 1 aromatic carbocycles. The van der Waals surface area contributed by atoms with Crippen LogP contribution in [0.5, 0.6) is 0 Å². The van der Waals surface area contributed by atoms with E-state index < -0.39 is 14.8 Å². The zero-order valence-corrected chi connectivity index (χ0v) is 10.4. The van der Waals surface area contributed by atoms with Crippen LogP contribution in [-0.2, 0) is 9.84 Å². The van der Waals surface area contributed by atoms with Gasteiger partial charge < -0.3 is 4.98 Å². The topological polar surface area (TPSA) is 106 Å². The number of para-hydroxylation sites is 1. The van der Waals surface area contributed by atoms with Crippen molar-refractivity contribution < 1.29 is 13.3 Å². The average molecular weight is 269 g/mol. The zero-order chi connectivity index (χ0) is 13.3. The maximum Gasteiger partial charge on any atom is 0.297 e. The van der Waals surface area contributed by atoms with Crippen molar-refractivity contribution in [3.8, 4) is 0 Å². The highest BCUT2D eigenvalue weighted by atomic mass is 32.2. The van der Waals surface area contributed by atoms with E-state index in [1.807, 2.05) is 0 Å². The molecule has 0 saturated carbocycles. The van der Waals surface area contributed by atoms with E-state index in [0.717, 1.165) is 0 Å². The summed E-state index contributed by atoms with van der Waals surface area (Å²) >= 11 is 0. The number of aromatic amines is 1. The van der Waals surface area contributed by atoms with E-state index >= 15 is 0 Å². The van der Waals surface area contributed by atoms with E-state index in [1.165, 1.54) is 12.1 Å². The fourth-order valence-corrected chi connectivity index (χ4v) is 2.88. The number of sulfone groups is 1. The number of hydrogen-bond donors (Lipinski definition) is 1. The second kappa shape index (κ2) is 4.37. The minimum absolute atomic E-state index is 0.0411. The average Bonchev–Trinajstić information content (AvgIpc) is 2.72. The molecule has 2 rings (SSSR count). The van der Waals surface area contributed by atoms with Crippen LogP contribution < -0.4 is 0 Å². The van der Waals surface area contributed by atoms with Gasteiger partial charge in [-0.3, -0.25) is 10.1 Å². The molecule has 0 unspecified atom stereocenters. The molecular weight excluding hydrogens is 258 g/mol. The summed E-state index contributed by atoms with van der Waals surface area (Å²) in [4.78, 5) is 16.7. The molecule has 0 saturated heterocycles. The van der Waals surface area contributed by atoms with Crippen LogP contribution in [0.15, 0.2) is 23.4 Å². The van der Waals surface area contributed by atoms with Crippen molar-refractivity contribution in [1.82, 2.24) is 9.97 Å². The molecule has 7 nitrogen and oxygen atoms in total. The molecule has 0 fully saturated rings. The summed E-state index contributed by atoms with van der Waals surface area (Å²) in [5, 5.41) is 10.6. The molecule has 0 bridgehead atoms. The van der Waals surface area contributed by atoms with Gasteiger partial charge in [0.2, 0.25) is 15.0 Å². The number of non-ortho nitro benzene ring substituents is 1. The predicted octanol–water partition coefficient (Wildman–Crippen LogP) is 1.65. The second-order valence-electron chi connectivity index (χ2n) is 3.79. The molecule has 0 radical (unpaired) electrons. The van der Waals surface area contributed by atoms with Crippen LogP contribution in [0.1, 0.15) is 13.3 Å². The van der Waals surface area contributed by atoms with E-state index in [-0.39, 0.29) is 22.1 Å². The van der Waals surface area contributed by atoms with Crippen molar-refractivity contribution in [3.63, 3.8) is 0 Å². The SMILES string of the molecule is CCCS(=O)(=O)c1nc2c([N+](=O)[O-])cccc2[nH]1. The summed E-state index contributed by atoms with van der Waals surface area (Å²) in [6, 6.07) is 4.33. The molecule has 1 aromatic heterocycles. The van der Waals surface area contributed by atoms with Gasteiger partial charge in [-0.25, -0.2) is 13.4 Å². The third kappa shape index (κ3) is 2.06. The highest BCUT2D eigenvalue weighted by molar-refractivity contribution is 7.91. The smallest absolute Gasteiger partial charge is 0.297 e. The van der Waals surface area contributed by atoms with E-state index in [4.69, 9.17) is 0 Å². The number of nitro groups is 1. The summed E-state index contributed by atoms with van der Waals surface area (Å²) in [7, 11) is -3.50. The summed E-state index contributed by atoms with van der Waals surface area (Å²) in [5.74, 6) is -0.0411. The summed E-state index contributed by atoms with van der Waals surface area (Å²) in [6.07, 6.45) is 0.460. The van der Waals surface area contributed by atoms with Gasteiger partial charge in [0.25, 0.3) is 5.69 Å². The molecule has 2 aromatic rings. The van der Waals surface area contributed by atoms with Gasteiger partial charge in [0.1, 0.15) is 0 Å². The van der Waals surface area contributed by atoms with E-state index in [9.17, 15) is 18.5 Å². The third-order valence-corrected chi connectivity index (χ3v) is 4.16. The van der Waals surface area contributed by atoms with Gasteiger partial charge in [-0.05, 0) is 12.5 Å². The van der Waals surface area contributed by atoms with Gasteiger partial charge in [-0.15, -0.1) is 0 Å². The fourth-order valence-electron chi connectivity index (χ4n) is 1.65. The maximum atomic E-state index is 11.8. The molecule has 0 spiro atoms. The van der Waals surface area contributed by atoms with Crippen molar-refractivity contribution in [2.24, 2.45) is 0 Å². The maximum absolute atomic E-state index is 11.8. The number of nitrogens with one attached hydrogen (secondary N) is 1. The first kappa shape index (κ1) is 12.5. The number of rotatable bonds is 4. The number of nitro benzene ring substituents is 1. The van der Waals surface area contributed by atoms with Crippen molar-refractivity contribution in [2.45, 2.75) is 18.5 Å². The number of hydrogen-bond acceptors (Lipinski definition) is 5. The number of imidazole rings is 1. The van der Waals surface area contributed by atoms with E-state index in [0.29, 0.717) is 11.9 Å². The lowest BCUT2D eigenvalue weighted by atomic mass is 10.3. The summed E-state index contributed by atoms with van der Waals surface area (Å²) in [5.41, 5.74) is 0.206. The Hall–Kier alpha value is -1.96. The molecule has 1 N–H and O–H groups in total. The Kier molecular flexibility index (Phi) is 3.04. The lowest BCUT2D eigenvalue weighted by Gasteiger charge is -1.95. The Balaban J connectivity index is 2.65. The van der Waals surface area contributed by atoms with Gasteiger partial charge in [0.05, 0.1) is 16.2 Å². The molecule has 0 atom stereocenters. The van der Waals surface area contributed by atoms with Crippen LogP contribution in [0, 0.1) is 10.1 Å². The second-order valence-corrected chi connectivity index (χ2v) is 5.82. The minimum atomic E-state index is -3.50. The Morgan fingerprint density at radius 2 is 2.17 bits per heavy atom. The normalized spacial score (nSPS) is 11.8. The lowest BCUT2D eigenvalue weighted by molar-refractivity contribution is -0.383. The number of benzene rings is 1. The van der Waals surface area contributed by atoms with Crippen molar-refractivity contribution in [3.05, 3.63) is 28.3 Å². The Labute approximate surface area is 103 Å². The number of fused-ring (bicyclic) bond motifs is 1. The largest absolute Gasteiger partial charge is 0.329 e. The monoisotopic (exact) mass is 269 g/mol. The molecule has 8 heteroatoms. The van der Waals surface area contributed by atoms with Gasteiger partial charge in [-0.1, -0.05) is 13.0 Å². The lowest BCUT2D eigenvalue weighted by Crippen LogP contribution is -2.07. The highest BCUT2D eigenvalue weighted by Crippen LogP contribution is 2.24. The first-order valence-corrected chi connectivity index (χ1v) is 6.97. The molecule has 0 aliphatic carbocycles. The van der Waals surface area contributed by atoms with Gasteiger partial charge in [-0.2, -0.15) is 0 Å². The quantitative estimate of drug-likeness (QED) is 0.671. The first-order valence-electron chi connectivity index (χ1n) is 5.31. The van der Waals surface area contributed by atoms with Crippen LogP contribution in [-0.4, -0.2) is 29.1 Å². The van der Waals surface area contributed by atoms with Crippen LogP contribution in [0.2, 0.25) is 0 Å². The van der Waals surface area contributed by atoms with Gasteiger partial charge in [0.15, 0.2) is 5.52 Å². The van der Waals surface area contributed by atoms with Gasteiger partial charge >= 0.3 is 0 Å². The number of H-pyrrole nitrogens is 1. The minimum Gasteiger partial charge on any atom is -0.329 e. The van der Waals surface area contributed by atoms with Crippen LogP contribution in [0.3, 0.4) is 0 Å². The molecule has 18 heavy (non-hydrogen) atoms. The molecule has 96 valence electrons. The number of nitrogens with zero attached hydrogens (tertiary/aromatic N) is 2. The first-order chi connectivity index (χ1) is 8.45. The molecular formula is C10H11N3O4S. The van der Waals surface area contributed by atoms with Crippen LogP contribution in [0.25, 0.3) is 11.0 Å².